The van der Waals surface area contributed by atoms with E-state index < -0.39 is 16.9 Å². The lowest BCUT2D eigenvalue weighted by Crippen LogP contribution is -2.50. The van der Waals surface area contributed by atoms with Gasteiger partial charge in [0, 0.05) is 25.7 Å². The predicted molar refractivity (Wildman–Crippen MR) is 71.2 cm³/mol. The Morgan fingerprint density at radius 3 is 2.63 bits per heavy atom. The van der Waals surface area contributed by atoms with Crippen molar-refractivity contribution in [1.29, 1.82) is 0 Å². The van der Waals surface area contributed by atoms with Gasteiger partial charge in [0.15, 0.2) is 0 Å². The zero-order valence-corrected chi connectivity index (χ0v) is 11.7. The van der Waals surface area contributed by atoms with Gasteiger partial charge in [-0.05, 0) is 19.1 Å². The van der Waals surface area contributed by atoms with Gasteiger partial charge >= 0.3 is 6.18 Å². The Morgan fingerprint density at radius 2 is 2.11 bits per heavy atom. The molecule has 2 heterocycles. The summed E-state index contributed by atoms with van der Waals surface area (Å²) in [6.45, 7) is 4.25. The van der Waals surface area contributed by atoms with E-state index in [2.05, 4.69) is 10.3 Å². The summed E-state index contributed by atoms with van der Waals surface area (Å²) in [4.78, 5) is 5.80. The summed E-state index contributed by atoms with van der Waals surface area (Å²) in [5.74, 6) is 0.488. The third-order valence-electron chi connectivity index (χ3n) is 2.93. The van der Waals surface area contributed by atoms with E-state index in [1.54, 1.807) is 0 Å². The van der Waals surface area contributed by atoms with Crippen LogP contribution in [-0.2, 0) is 6.18 Å². The highest BCUT2D eigenvalue weighted by Gasteiger charge is 2.34. The molecule has 1 atom stereocenters. The monoisotopic (exact) mass is 315 g/mol. The molecular formula is C11H14Cl2F3N3. The average molecular weight is 316 g/mol. The number of hydrogen-bond acceptors (Lipinski definition) is 3. The van der Waals surface area contributed by atoms with Crippen molar-refractivity contribution in [3.63, 3.8) is 0 Å². The standard InChI is InChI=1S/C11H13ClF3N3.ClH/c1-7-6-16-4-5-18(7)9-3-2-8(10(12)17-9)11(13,14)15;/h2-3,7,16H,4-6H2,1H3;1H/t7-;/m0./s1. The van der Waals surface area contributed by atoms with Crippen LogP contribution in [0.15, 0.2) is 12.1 Å². The van der Waals surface area contributed by atoms with E-state index in [1.165, 1.54) is 6.07 Å². The van der Waals surface area contributed by atoms with Crippen LogP contribution < -0.4 is 10.2 Å². The fraction of sp³-hybridized carbons (Fsp3) is 0.545. The van der Waals surface area contributed by atoms with Crippen molar-refractivity contribution in [2.45, 2.75) is 19.1 Å². The Morgan fingerprint density at radius 1 is 1.42 bits per heavy atom. The highest BCUT2D eigenvalue weighted by molar-refractivity contribution is 6.30. The maximum absolute atomic E-state index is 12.6. The van der Waals surface area contributed by atoms with E-state index in [1.807, 2.05) is 11.8 Å². The Bertz CT molecular complexity index is 440. The molecule has 1 aromatic heterocycles. The maximum atomic E-state index is 12.6. The number of piperazine rings is 1. The number of nitrogens with one attached hydrogen (secondary N) is 1. The average Bonchev–Trinajstić information content (AvgIpc) is 2.27. The Kier molecular flexibility index (Phi) is 5.29. The van der Waals surface area contributed by atoms with Gasteiger partial charge in [-0.25, -0.2) is 4.98 Å². The number of aromatic nitrogens is 1. The van der Waals surface area contributed by atoms with Gasteiger partial charge in [0.05, 0.1) is 5.56 Å². The summed E-state index contributed by atoms with van der Waals surface area (Å²) >= 11 is 5.61. The molecule has 1 aliphatic rings. The van der Waals surface area contributed by atoms with Crippen LogP contribution in [0.1, 0.15) is 12.5 Å². The lowest BCUT2D eigenvalue weighted by Gasteiger charge is -2.35. The lowest BCUT2D eigenvalue weighted by atomic mass is 10.2. The number of rotatable bonds is 1. The van der Waals surface area contributed by atoms with Crippen LogP contribution in [0.5, 0.6) is 0 Å². The van der Waals surface area contributed by atoms with Crippen molar-refractivity contribution >= 4 is 29.8 Å². The molecule has 19 heavy (non-hydrogen) atoms. The maximum Gasteiger partial charge on any atom is 0.419 e. The smallest absolute Gasteiger partial charge is 0.351 e. The molecule has 1 saturated heterocycles. The number of alkyl halides is 3. The third kappa shape index (κ3) is 3.64. The molecule has 1 aliphatic heterocycles. The summed E-state index contributed by atoms with van der Waals surface area (Å²) < 4.78 is 37.7. The minimum atomic E-state index is -4.46. The second kappa shape index (κ2) is 6.15. The van der Waals surface area contributed by atoms with Gasteiger partial charge in [-0.15, -0.1) is 12.4 Å². The molecule has 1 N–H and O–H groups in total. The van der Waals surface area contributed by atoms with Gasteiger partial charge in [0.1, 0.15) is 11.0 Å². The molecule has 1 fully saturated rings. The molecule has 0 unspecified atom stereocenters. The van der Waals surface area contributed by atoms with E-state index in [-0.39, 0.29) is 18.4 Å². The second-order valence-electron chi connectivity index (χ2n) is 4.25. The third-order valence-corrected chi connectivity index (χ3v) is 3.22. The van der Waals surface area contributed by atoms with Crippen molar-refractivity contribution < 1.29 is 13.2 Å². The highest BCUT2D eigenvalue weighted by Crippen LogP contribution is 2.34. The number of anilines is 1. The summed E-state index contributed by atoms with van der Waals surface area (Å²) in [5, 5.41) is 2.71. The first-order valence-corrected chi connectivity index (χ1v) is 5.98. The van der Waals surface area contributed by atoms with Gasteiger partial charge in [-0.1, -0.05) is 11.6 Å². The van der Waals surface area contributed by atoms with E-state index in [0.29, 0.717) is 12.4 Å². The van der Waals surface area contributed by atoms with Crippen molar-refractivity contribution in [2.75, 3.05) is 24.5 Å². The largest absolute Gasteiger partial charge is 0.419 e. The van der Waals surface area contributed by atoms with Crippen LogP contribution in [0.25, 0.3) is 0 Å². The summed E-state index contributed by atoms with van der Waals surface area (Å²) in [7, 11) is 0. The molecule has 1 aromatic rings. The number of nitrogens with zero attached hydrogens (tertiary/aromatic N) is 2. The van der Waals surface area contributed by atoms with Crippen LogP contribution in [0, 0.1) is 0 Å². The van der Waals surface area contributed by atoms with Crippen LogP contribution in [0.3, 0.4) is 0 Å². The number of halogens is 5. The topological polar surface area (TPSA) is 28.2 Å². The van der Waals surface area contributed by atoms with Gasteiger partial charge in [0.25, 0.3) is 0 Å². The molecule has 0 aromatic carbocycles. The fourth-order valence-corrected chi connectivity index (χ4v) is 2.23. The zero-order valence-electron chi connectivity index (χ0n) is 10.2. The molecule has 0 amide bonds. The Labute approximate surface area is 120 Å². The Hall–Kier alpha value is -0.720. The van der Waals surface area contributed by atoms with Crippen molar-refractivity contribution in [1.82, 2.24) is 10.3 Å². The van der Waals surface area contributed by atoms with Crippen LogP contribution >= 0.6 is 24.0 Å². The SMILES string of the molecule is C[C@H]1CNCCN1c1ccc(C(F)(F)F)c(Cl)n1.Cl. The Balaban J connectivity index is 0.00000180. The van der Waals surface area contributed by atoms with E-state index in [0.717, 1.165) is 19.2 Å². The zero-order chi connectivity index (χ0) is 13.3. The van der Waals surface area contributed by atoms with E-state index in [9.17, 15) is 13.2 Å². The fourth-order valence-electron chi connectivity index (χ4n) is 1.98. The number of pyridine rings is 1. The molecule has 2 rings (SSSR count). The van der Waals surface area contributed by atoms with Gasteiger partial charge in [-0.2, -0.15) is 13.2 Å². The van der Waals surface area contributed by atoms with Crippen molar-refractivity contribution in [2.24, 2.45) is 0 Å². The van der Waals surface area contributed by atoms with Crippen LogP contribution in [0.4, 0.5) is 19.0 Å². The van der Waals surface area contributed by atoms with E-state index in [4.69, 9.17) is 11.6 Å². The highest BCUT2D eigenvalue weighted by atomic mass is 35.5. The van der Waals surface area contributed by atoms with Crippen molar-refractivity contribution in [3.8, 4) is 0 Å². The van der Waals surface area contributed by atoms with Crippen molar-refractivity contribution in [3.05, 3.63) is 22.8 Å². The second-order valence-corrected chi connectivity index (χ2v) is 4.61. The molecule has 0 aliphatic carbocycles. The summed E-state index contributed by atoms with van der Waals surface area (Å²) in [6, 6.07) is 2.54. The molecule has 0 spiro atoms. The molecule has 3 nitrogen and oxygen atoms in total. The number of hydrogen-bond donors (Lipinski definition) is 1. The van der Waals surface area contributed by atoms with E-state index >= 15 is 0 Å². The minimum Gasteiger partial charge on any atom is -0.351 e. The minimum absolute atomic E-state index is 0. The summed E-state index contributed by atoms with van der Waals surface area (Å²) in [6.07, 6.45) is -4.46. The first-order valence-electron chi connectivity index (χ1n) is 5.60. The van der Waals surface area contributed by atoms with Gasteiger partial charge in [-0.3, -0.25) is 0 Å². The first kappa shape index (κ1) is 16.3. The molecule has 0 bridgehead atoms. The van der Waals surface area contributed by atoms with Crippen LogP contribution in [0.2, 0.25) is 5.15 Å². The summed E-state index contributed by atoms with van der Waals surface area (Å²) in [5.41, 5.74) is -0.893. The molecular weight excluding hydrogens is 302 g/mol. The molecule has 0 saturated carbocycles. The molecule has 8 heteroatoms. The predicted octanol–water partition coefficient (Wildman–Crippen LogP) is 2.97. The van der Waals surface area contributed by atoms with Gasteiger partial charge < -0.3 is 10.2 Å². The quantitative estimate of drug-likeness (QED) is 0.808. The molecule has 0 radical (unpaired) electrons. The van der Waals surface area contributed by atoms with Crippen LogP contribution in [-0.4, -0.2) is 30.7 Å². The normalized spacial score (nSPS) is 20.1. The van der Waals surface area contributed by atoms with Gasteiger partial charge in [0.2, 0.25) is 0 Å². The first-order chi connectivity index (χ1) is 8.39. The molecule has 108 valence electrons. The lowest BCUT2D eigenvalue weighted by molar-refractivity contribution is -0.137.